The minimum absolute atomic E-state index is 0.128. The number of hydrogen-bond donors (Lipinski definition) is 0. The third-order valence-electron chi connectivity index (χ3n) is 7.54. The molecule has 1 saturated heterocycles. The summed E-state index contributed by atoms with van der Waals surface area (Å²) in [4.78, 5) is 30.6. The molecule has 1 amide bonds. The van der Waals surface area contributed by atoms with Crippen molar-refractivity contribution >= 4 is 44.1 Å². The van der Waals surface area contributed by atoms with Crippen molar-refractivity contribution in [2.45, 2.75) is 46.0 Å². The highest BCUT2D eigenvalue weighted by atomic mass is 32.1. The Morgan fingerprint density at radius 1 is 1.06 bits per heavy atom. The summed E-state index contributed by atoms with van der Waals surface area (Å²) in [6.45, 7) is 7.56. The second-order valence-corrected chi connectivity index (χ2v) is 11.1. The van der Waals surface area contributed by atoms with Crippen LogP contribution in [-0.2, 0) is 19.3 Å². The van der Waals surface area contributed by atoms with Crippen molar-refractivity contribution in [1.29, 1.82) is 0 Å². The molecule has 6 heteroatoms. The Labute approximate surface area is 210 Å². The molecule has 2 aromatic heterocycles. The second kappa shape index (κ2) is 9.23. The summed E-state index contributed by atoms with van der Waals surface area (Å²) in [5.74, 6) is 2.92. The van der Waals surface area contributed by atoms with Crippen molar-refractivity contribution in [3.8, 4) is 0 Å². The maximum Gasteiger partial charge on any atom is 0.254 e. The number of benzene rings is 2. The smallest absolute Gasteiger partial charge is 0.254 e. The Balaban J connectivity index is 1.29. The average molecular weight is 485 g/mol. The van der Waals surface area contributed by atoms with Crippen LogP contribution in [0, 0.1) is 5.92 Å². The highest BCUT2D eigenvalue weighted by Gasteiger charge is 2.29. The van der Waals surface area contributed by atoms with Gasteiger partial charge in [-0.05, 0) is 54.0 Å². The summed E-state index contributed by atoms with van der Waals surface area (Å²) < 4.78 is 0. The standard InChI is InChI=1S/C29H32N4OS/c1-3-7-25-30-27(26-23-13-12-19(2)18-24(23)35-28(26)31-25)32-14-16-33(17-15-32)29(34)22-11-6-9-20-8-4-5-10-21(20)22/h4-6,8-11,19H,3,7,12-18H2,1-2H3. The molecule has 5 nitrogen and oxygen atoms in total. The van der Waals surface area contributed by atoms with Crippen LogP contribution in [-0.4, -0.2) is 47.0 Å². The number of aromatic nitrogens is 2. The molecule has 4 aromatic rings. The Bertz CT molecular complexity index is 1400. The van der Waals surface area contributed by atoms with E-state index in [1.54, 1.807) is 0 Å². The fourth-order valence-electron chi connectivity index (χ4n) is 5.63. The van der Waals surface area contributed by atoms with Gasteiger partial charge >= 0.3 is 0 Å². The third kappa shape index (κ3) is 4.08. The quantitative estimate of drug-likeness (QED) is 0.363. The van der Waals surface area contributed by atoms with Crippen molar-refractivity contribution in [2.24, 2.45) is 5.92 Å². The highest BCUT2D eigenvalue weighted by Crippen LogP contribution is 2.41. The largest absolute Gasteiger partial charge is 0.352 e. The molecule has 180 valence electrons. The van der Waals surface area contributed by atoms with E-state index < -0.39 is 0 Å². The first kappa shape index (κ1) is 22.5. The Kier molecular flexibility index (Phi) is 5.93. The van der Waals surface area contributed by atoms with Gasteiger partial charge in [-0.3, -0.25) is 4.79 Å². The summed E-state index contributed by atoms with van der Waals surface area (Å²) in [5, 5.41) is 3.43. The lowest BCUT2D eigenvalue weighted by atomic mass is 9.89. The van der Waals surface area contributed by atoms with Gasteiger partial charge in [-0.1, -0.05) is 50.2 Å². The molecule has 1 fully saturated rings. The van der Waals surface area contributed by atoms with Crippen LogP contribution in [0.4, 0.5) is 5.82 Å². The van der Waals surface area contributed by atoms with Gasteiger partial charge in [0.2, 0.25) is 0 Å². The minimum Gasteiger partial charge on any atom is -0.352 e. The van der Waals surface area contributed by atoms with Crippen LogP contribution in [0.25, 0.3) is 21.0 Å². The summed E-state index contributed by atoms with van der Waals surface area (Å²) >= 11 is 1.88. The predicted octanol–water partition coefficient (Wildman–Crippen LogP) is 5.88. The van der Waals surface area contributed by atoms with Crippen LogP contribution in [0.1, 0.15) is 53.3 Å². The third-order valence-corrected chi connectivity index (χ3v) is 8.69. The zero-order chi connectivity index (χ0) is 23.9. The number of rotatable bonds is 4. The van der Waals surface area contributed by atoms with Gasteiger partial charge in [-0.25, -0.2) is 9.97 Å². The number of carbonyl (C=O) groups is 1. The maximum atomic E-state index is 13.5. The lowest BCUT2D eigenvalue weighted by molar-refractivity contribution is 0.0748. The number of fused-ring (bicyclic) bond motifs is 4. The molecule has 0 bridgehead atoms. The van der Waals surface area contributed by atoms with E-state index in [1.165, 1.54) is 22.2 Å². The number of thiophene rings is 1. The van der Waals surface area contributed by atoms with Crippen LogP contribution in [0.5, 0.6) is 0 Å². The number of piperazine rings is 1. The van der Waals surface area contributed by atoms with Crippen LogP contribution in [0.15, 0.2) is 42.5 Å². The first-order chi connectivity index (χ1) is 17.1. The molecule has 0 radical (unpaired) electrons. The lowest BCUT2D eigenvalue weighted by Crippen LogP contribution is -2.49. The molecule has 0 spiro atoms. The second-order valence-electron chi connectivity index (χ2n) is 10.1. The molecule has 3 heterocycles. The van der Waals surface area contributed by atoms with E-state index in [9.17, 15) is 4.79 Å². The molecular formula is C29H32N4OS. The van der Waals surface area contributed by atoms with E-state index in [4.69, 9.17) is 9.97 Å². The molecule has 1 unspecified atom stereocenters. The first-order valence-corrected chi connectivity index (χ1v) is 13.8. The van der Waals surface area contributed by atoms with Crippen molar-refractivity contribution in [3.63, 3.8) is 0 Å². The first-order valence-electron chi connectivity index (χ1n) is 13.0. The monoisotopic (exact) mass is 484 g/mol. The summed E-state index contributed by atoms with van der Waals surface area (Å²) in [7, 11) is 0. The number of anilines is 1. The number of aryl methyl sites for hydroxylation is 2. The van der Waals surface area contributed by atoms with Gasteiger partial charge < -0.3 is 9.80 Å². The summed E-state index contributed by atoms with van der Waals surface area (Å²) in [6.07, 6.45) is 5.47. The molecule has 1 aliphatic heterocycles. The molecule has 1 atom stereocenters. The van der Waals surface area contributed by atoms with Crippen molar-refractivity contribution in [2.75, 3.05) is 31.1 Å². The number of carbonyl (C=O) groups excluding carboxylic acids is 1. The predicted molar refractivity (Wildman–Crippen MR) is 145 cm³/mol. The Morgan fingerprint density at radius 2 is 1.86 bits per heavy atom. The number of nitrogens with zero attached hydrogens (tertiary/aromatic N) is 4. The lowest BCUT2D eigenvalue weighted by Gasteiger charge is -2.36. The summed E-state index contributed by atoms with van der Waals surface area (Å²) in [6, 6.07) is 14.2. The zero-order valence-electron chi connectivity index (χ0n) is 20.6. The molecule has 35 heavy (non-hydrogen) atoms. The van der Waals surface area contributed by atoms with Crippen LogP contribution in [0.2, 0.25) is 0 Å². The van der Waals surface area contributed by atoms with Crippen molar-refractivity contribution < 1.29 is 4.79 Å². The molecule has 2 aromatic carbocycles. The van der Waals surface area contributed by atoms with Crippen LogP contribution < -0.4 is 4.90 Å². The van der Waals surface area contributed by atoms with Gasteiger partial charge in [0.15, 0.2) is 0 Å². The van der Waals surface area contributed by atoms with E-state index in [1.807, 2.05) is 46.6 Å². The van der Waals surface area contributed by atoms with Crippen LogP contribution >= 0.6 is 11.3 Å². The molecule has 2 aliphatic rings. The van der Waals surface area contributed by atoms with E-state index in [-0.39, 0.29) is 5.91 Å². The van der Waals surface area contributed by atoms with Gasteiger partial charge in [0.25, 0.3) is 5.91 Å². The Morgan fingerprint density at radius 3 is 2.69 bits per heavy atom. The maximum absolute atomic E-state index is 13.5. The van der Waals surface area contributed by atoms with Gasteiger partial charge in [-0.15, -0.1) is 11.3 Å². The topological polar surface area (TPSA) is 49.3 Å². The van der Waals surface area contributed by atoms with Gasteiger partial charge in [-0.2, -0.15) is 0 Å². The van der Waals surface area contributed by atoms with E-state index in [0.29, 0.717) is 13.1 Å². The van der Waals surface area contributed by atoms with E-state index in [2.05, 4.69) is 30.9 Å². The van der Waals surface area contributed by atoms with Crippen molar-refractivity contribution in [1.82, 2.24) is 14.9 Å². The van der Waals surface area contributed by atoms with Gasteiger partial charge in [0.1, 0.15) is 16.5 Å². The molecule has 0 saturated carbocycles. The number of amides is 1. The van der Waals surface area contributed by atoms with Crippen molar-refractivity contribution in [3.05, 3.63) is 64.3 Å². The van der Waals surface area contributed by atoms with Gasteiger partial charge in [0, 0.05) is 43.0 Å². The molecule has 1 aliphatic carbocycles. The van der Waals surface area contributed by atoms with E-state index >= 15 is 0 Å². The zero-order valence-corrected chi connectivity index (χ0v) is 21.4. The minimum atomic E-state index is 0.128. The fraction of sp³-hybridized carbons (Fsp3) is 0.414. The molecule has 6 rings (SSSR count). The van der Waals surface area contributed by atoms with Gasteiger partial charge in [0.05, 0.1) is 5.39 Å². The molecular weight excluding hydrogens is 452 g/mol. The average Bonchev–Trinajstić information content (AvgIpc) is 3.25. The fourth-order valence-corrected chi connectivity index (χ4v) is 7.03. The van der Waals surface area contributed by atoms with E-state index in [0.717, 1.165) is 77.5 Å². The Hall–Kier alpha value is -2.99. The summed E-state index contributed by atoms with van der Waals surface area (Å²) in [5.41, 5.74) is 2.28. The van der Waals surface area contributed by atoms with Crippen LogP contribution in [0.3, 0.4) is 0 Å². The normalized spacial score (nSPS) is 18.3. The highest BCUT2D eigenvalue weighted by molar-refractivity contribution is 7.19. The molecule has 0 N–H and O–H groups in total. The number of hydrogen-bond acceptors (Lipinski definition) is 5. The SMILES string of the molecule is CCCc1nc(N2CCN(C(=O)c3cccc4ccccc34)CC2)c2c3c(sc2n1)CC(C)CC3.